The minimum absolute atomic E-state index is 0.00907. The van der Waals surface area contributed by atoms with E-state index < -0.39 is 54.5 Å². The van der Waals surface area contributed by atoms with E-state index in [-0.39, 0.29) is 25.2 Å². The third-order valence-corrected chi connectivity index (χ3v) is 5.66. The number of aliphatic hydroxyl groups excluding tert-OH is 1. The Morgan fingerprint density at radius 1 is 0.941 bits per heavy atom. The summed E-state index contributed by atoms with van der Waals surface area (Å²) in [5.41, 5.74) is 6.89. The van der Waals surface area contributed by atoms with E-state index in [9.17, 15) is 29.4 Å². The molecule has 1 aromatic carbocycles. The molecule has 0 aromatic heterocycles. The summed E-state index contributed by atoms with van der Waals surface area (Å²) in [5.74, 6) is -2.65. The van der Waals surface area contributed by atoms with Crippen LogP contribution in [0.25, 0.3) is 0 Å². The number of hydrogen-bond donors (Lipinski definition) is 6. The number of benzene rings is 1. The lowest BCUT2D eigenvalue weighted by Gasteiger charge is -2.24. The molecule has 1 aromatic rings. The van der Waals surface area contributed by atoms with Crippen LogP contribution >= 0.6 is 11.8 Å². The number of carbonyl (C=O) groups is 4. The standard InChI is InChI=1S/C23H36N4O6S/c1-14(2)11-18(23(32)33)26-22(31)19(13-28)27-21(30)17(9-10-34-3)25-20(29)16(24)12-15-7-5-4-6-8-15/h4-8,14,16-19,28H,9-13,24H2,1-3H3,(H,25,29)(H,26,31)(H,27,30)(H,32,33). The number of carboxylic acids is 1. The summed E-state index contributed by atoms with van der Waals surface area (Å²) in [4.78, 5) is 49.4. The van der Waals surface area contributed by atoms with Crippen molar-refractivity contribution in [1.29, 1.82) is 0 Å². The molecule has 4 unspecified atom stereocenters. The SMILES string of the molecule is CSCCC(NC(=O)C(N)Cc1ccccc1)C(=O)NC(CO)C(=O)NC(CC(C)C)C(=O)O. The first kappa shape index (κ1) is 29.4. The second kappa shape index (κ2) is 15.3. The van der Waals surface area contributed by atoms with Gasteiger partial charge in [0.25, 0.3) is 0 Å². The van der Waals surface area contributed by atoms with Crippen LogP contribution in [0.2, 0.25) is 0 Å². The van der Waals surface area contributed by atoms with E-state index in [1.165, 1.54) is 11.8 Å². The number of hydrogen-bond acceptors (Lipinski definition) is 7. The maximum absolute atomic E-state index is 12.9. The second-order valence-electron chi connectivity index (χ2n) is 8.41. The van der Waals surface area contributed by atoms with Crippen molar-refractivity contribution in [3.8, 4) is 0 Å². The van der Waals surface area contributed by atoms with Crippen molar-refractivity contribution in [3.63, 3.8) is 0 Å². The van der Waals surface area contributed by atoms with Crippen molar-refractivity contribution >= 4 is 35.5 Å². The number of amides is 3. The van der Waals surface area contributed by atoms with E-state index >= 15 is 0 Å². The number of carboxylic acid groups (broad SMARTS) is 1. The fourth-order valence-electron chi connectivity index (χ4n) is 3.18. The topological polar surface area (TPSA) is 171 Å². The van der Waals surface area contributed by atoms with Crippen molar-refractivity contribution < 1.29 is 29.4 Å². The summed E-state index contributed by atoms with van der Waals surface area (Å²) in [5, 5.41) is 26.3. The maximum Gasteiger partial charge on any atom is 0.326 e. The van der Waals surface area contributed by atoms with E-state index in [1.807, 2.05) is 50.4 Å². The van der Waals surface area contributed by atoms with Crippen molar-refractivity contribution in [2.75, 3.05) is 18.6 Å². The van der Waals surface area contributed by atoms with Crippen molar-refractivity contribution in [2.24, 2.45) is 11.7 Å². The molecule has 0 fully saturated rings. The fraction of sp³-hybridized carbons (Fsp3) is 0.565. The minimum Gasteiger partial charge on any atom is -0.480 e. The van der Waals surface area contributed by atoms with Crippen molar-refractivity contribution in [1.82, 2.24) is 16.0 Å². The minimum atomic E-state index is -1.37. The Labute approximate surface area is 204 Å². The highest BCUT2D eigenvalue weighted by atomic mass is 32.2. The van der Waals surface area contributed by atoms with Gasteiger partial charge in [-0.2, -0.15) is 11.8 Å². The van der Waals surface area contributed by atoms with Crippen LogP contribution in [0, 0.1) is 5.92 Å². The highest BCUT2D eigenvalue weighted by Gasteiger charge is 2.30. The fourth-order valence-corrected chi connectivity index (χ4v) is 3.65. The number of carbonyl (C=O) groups excluding carboxylic acids is 3. The van der Waals surface area contributed by atoms with Gasteiger partial charge in [0, 0.05) is 0 Å². The monoisotopic (exact) mass is 496 g/mol. The van der Waals surface area contributed by atoms with Crippen molar-refractivity contribution in [2.45, 2.75) is 57.3 Å². The van der Waals surface area contributed by atoms with E-state index in [4.69, 9.17) is 5.73 Å². The number of nitrogens with two attached hydrogens (primary N) is 1. The smallest absolute Gasteiger partial charge is 0.326 e. The molecule has 0 saturated carbocycles. The molecular formula is C23H36N4O6S. The normalized spacial score (nSPS) is 14.5. The molecule has 3 amide bonds. The molecule has 0 bridgehead atoms. The Morgan fingerprint density at radius 2 is 1.50 bits per heavy atom. The summed E-state index contributed by atoms with van der Waals surface area (Å²) in [7, 11) is 0. The van der Waals surface area contributed by atoms with Crippen LogP contribution in [0.4, 0.5) is 0 Å². The quantitative estimate of drug-likeness (QED) is 0.195. The lowest BCUT2D eigenvalue weighted by atomic mass is 10.0. The number of aliphatic hydroxyl groups is 1. The van der Waals surface area contributed by atoms with Gasteiger partial charge >= 0.3 is 5.97 Å². The average molecular weight is 497 g/mol. The van der Waals surface area contributed by atoms with Gasteiger partial charge in [-0.15, -0.1) is 0 Å². The van der Waals surface area contributed by atoms with Crippen molar-refractivity contribution in [3.05, 3.63) is 35.9 Å². The summed E-state index contributed by atoms with van der Waals surface area (Å²) < 4.78 is 0. The Bertz CT molecular complexity index is 808. The first-order chi connectivity index (χ1) is 16.1. The summed E-state index contributed by atoms with van der Waals surface area (Å²) in [6.45, 7) is 2.89. The highest BCUT2D eigenvalue weighted by Crippen LogP contribution is 2.07. The van der Waals surface area contributed by atoms with Crippen LogP contribution in [-0.2, 0) is 25.6 Å². The molecule has 0 heterocycles. The molecule has 11 heteroatoms. The predicted molar refractivity (Wildman–Crippen MR) is 131 cm³/mol. The highest BCUT2D eigenvalue weighted by molar-refractivity contribution is 7.98. The Hall–Kier alpha value is -2.63. The maximum atomic E-state index is 12.9. The molecule has 1 rings (SSSR count). The number of nitrogens with one attached hydrogen (secondary N) is 3. The largest absolute Gasteiger partial charge is 0.480 e. The summed E-state index contributed by atoms with van der Waals surface area (Å²) in [6, 6.07) is 4.85. The number of thioether (sulfide) groups is 1. The molecule has 0 aliphatic rings. The van der Waals surface area contributed by atoms with Gasteiger partial charge in [0.05, 0.1) is 12.6 Å². The van der Waals surface area contributed by atoms with E-state index in [1.54, 1.807) is 0 Å². The molecule has 0 saturated heterocycles. The lowest BCUT2D eigenvalue weighted by Crippen LogP contribution is -2.58. The molecule has 34 heavy (non-hydrogen) atoms. The first-order valence-electron chi connectivity index (χ1n) is 11.1. The van der Waals surface area contributed by atoms with Crippen LogP contribution in [0.5, 0.6) is 0 Å². The summed E-state index contributed by atoms with van der Waals surface area (Å²) >= 11 is 1.48. The average Bonchev–Trinajstić information content (AvgIpc) is 2.79. The van der Waals surface area contributed by atoms with E-state index in [0.717, 1.165) is 5.56 Å². The van der Waals surface area contributed by atoms with Crippen LogP contribution in [0.3, 0.4) is 0 Å². The molecule has 7 N–H and O–H groups in total. The Kier molecular flexibility index (Phi) is 13.2. The zero-order valence-electron chi connectivity index (χ0n) is 19.8. The Morgan fingerprint density at radius 3 is 2.03 bits per heavy atom. The molecule has 0 radical (unpaired) electrons. The van der Waals surface area contributed by atoms with Gasteiger partial charge in [-0.1, -0.05) is 44.2 Å². The molecule has 0 spiro atoms. The number of aliphatic carboxylic acids is 1. The third kappa shape index (κ3) is 10.5. The first-order valence-corrected chi connectivity index (χ1v) is 12.5. The van der Waals surface area contributed by atoms with Crippen LogP contribution < -0.4 is 21.7 Å². The van der Waals surface area contributed by atoms with Crippen LogP contribution in [-0.4, -0.2) is 76.7 Å². The second-order valence-corrected chi connectivity index (χ2v) is 9.40. The van der Waals surface area contributed by atoms with Gasteiger partial charge in [0.2, 0.25) is 17.7 Å². The molecule has 4 atom stereocenters. The number of rotatable bonds is 15. The zero-order valence-corrected chi connectivity index (χ0v) is 20.6. The van der Waals surface area contributed by atoms with E-state index in [0.29, 0.717) is 5.75 Å². The van der Waals surface area contributed by atoms with E-state index in [2.05, 4.69) is 16.0 Å². The van der Waals surface area contributed by atoms with Gasteiger partial charge in [-0.05, 0) is 42.8 Å². The molecule has 0 aliphatic heterocycles. The Balaban J connectivity index is 2.81. The summed E-state index contributed by atoms with van der Waals surface area (Å²) in [6.07, 6.45) is 2.61. The predicted octanol–water partition coefficient (Wildman–Crippen LogP) is -0.113. The molecular weight excluding hydrogens is 460 g/mol. The molecule has 10 nitrogen and oxygen atoms in total. The van der Waals surface area contributed by atoms with Gasteiger partial charge < -0.3 is 31.9 Å². The van der Waals surface area contributed by atoms with Crippen LogP contribution in [0.1, 0.15) is 32.3 Å². The van der Waals surface area contributed by atoms with Gasteiger partial charge in [-0.3, -0.25) is 14.4 Å². The molecule has 190 valence electrons. The third-order valence-electron chi connectivity index (χ3n) is 5.02. The van der Waals surface area contributed by atoms with Gasteiger partial charge in [-0.25, -0.2) is 4.79 Å². The van der Waals surface area contributed by atoms with Crippen LogP contribution in [0.15, 0.2) is 30.3 Å². The zero-order chi connectivity index (χ0) is 25.7. The van der Waals surface area contributed by atoms with Gasteiger partial charge in [0.1, 0.15) is 18.1 Å². The lowest BCUT2D eigenvalue weighted by molar-refractivity contribution is -0.143. The van der Waals surface area contributed by atoms with Gasteiger partial charge in [0.15, 0.2) is 0 Å². The molecule has 0 aliphatic carbocycles.